The van der Waals surface area contributed by atoms with E-state index in [9.17, 15) is 9.59 Å². The average molecular weight is 418 g/mol. The number of fused-ring (bicyclic) bond motifs is 1. The number of rotatable bonds is 3. The molecule has 3 aromatic rings. The van der Waals surface area contributed by atoms with E-state index in [-0.39, 0.29) is 24.5 Å². The van der Waals surface area contributed by atoms with Gasteiger partial charge in [0, 0.05) is 38.6 Å². The molecule has 158 valence electrons. The van der Waals surface area contributed by atoms with E-state index in [1.54, 1.807) is 39.0 Å². The Kier molecular flexibility index (Phi) is 5.17. The molecule has 2 aliphatic heterocycles. The molecule has 2 amide bonds. The number of hydrogen-bond donors (Lipinski definition) is 0. The summed E-state index contributed by atoms with van der Waals surface area (Å²) in [5.74, 6) is -0.238. The molecule has 9 heteroatoms. The van der Waals surface area contributed by atoms with Gasteiger partial charge in [-0.15, -0.1) is 5.10 Å². The molecule has 0 bridgehead atoms. The van der Waals surface area contributed by atoms with Crippen molar-refractivity contribution >= 4 is 11.8 Å². The van der Waals surface area contributed by atoms with Crippen LogP contribution < -0.4 is 0 Å². The Balaban J connectivity index is 1.23. The molecule has 1 atom stereocenters. The minimum atomic E-state index is -0.170. The van der Waals surface area contributed by atoms with Gasteiger partial charge >= 0.3 is 0 Å². The Labute approximate surface area is 179 Å². The maximum atomic E-state index is 13.1. The molecule has 9 nitrogen and oxygen atoms in total. The molecule has 0 N–H and O–H groups in total. The van der Waals surface area contributed by atoms with Crippen LogP contribution in [-0.4, -0.2) is 67.8 Å². The van der Waals surface area contributed by atoms with E-state index in [0.717, 1.165) is 5.56 Å². The summed E-state index contributed by atoms with van der Waals surface area (Å²) in [5, 5.41) is 8.35. The minimum absolute atomic E-state index is 0.0680. The molecule has 2 aliphatic rings. The number of benzene rings is 1. The second-order valence-electron chi connectivity index (χ2n) is 7.60. The quantitative estimate of drug-likeness (QED) is 0.641. The first kappa shape index (κ1) is 19.4. The van der Waals surface area contributed by atoms with Gasteiger partial charge in [0.15, 0.2) is 5.69 Å². The minimum Gasteiger partial charge on any atom is -0.365 e. The van der Waals surface area contributed by atoms with E-state index in [2.05, 4.69) is 15.3 Å². The first-order chi connectivity index (χ1) is 15.2. The van der Waals surface area contributed by atoms with E-state index in [0.29, 0.717) is 49.7 Å². The first-order valence-corrected chi connectivity index (χ1v) is 10.3. The number of aromatic nitrogens is 4. The van der Waals surface area contributed by atoms with Crippen LogP contribution in [0.3, 0.4) is 0 Å². The summed E-state index contributed by atoms with van der Waals surface area (Å²) in [4.78, 5) is 33.1. The van der Waals surface area contributed by atoms with Gasteiger partial charge in [-0.25, -0.2) is 4.68 Å². The largest absolute Gasteiger partial charge is 0.365 e. The standard InChI is InChI=1S/C22H22N6O3/c29-21(17-7-4-8-23-13-17)26-9-11-27(12-10-26)22(30)20-18-15-31-19(14-28(18)25-24-20)16-5-2-1-3-6-16/h1-8,13,19H,9-12,14-15H2. The van der Waals surface area contributed by atoms with Crippen molar-refractivity contribution in [1.82, 2.24) is 29.8 Å². The lowest BCUT2D eigenvalue weighted by Gasteiger charge is -2.34. The molecule has 1 fully saturated rings. The third-order valence-electron chi connectivity index (χ3n) is 5.73. The van der Waals surface area contributed by atoms with Crippen LogP contribution in [0, 0.1) is 0 Å². The summed E-state index contributed by atoms with van der Waals surface area (Å²) < 4.78 is 7.75. The SMILES string of the molecule is O=C(c1cccnc1)N1CCN(C(=O)c2nnn3c2COC(c2ccccc2)C3)CC1. The number of carbonyl (C=O) groups excluding carboxylic acids is 2. The highest BCUT2D eigenvalue weighted by Gasteiger charge is 2.32. The van der Waals surface area contributed by atoms with Crippen LogP contribution in [0.15, 0.2) is 54.9 Å². The monoisotopic (exact) mass is 418 g/mol. The molecule has 0 spiro atoms. The molecule has 4 heterocycles. The summed E-state index contributed by atoms with van der Waals surface area (Å²) in [5.41, 5.74) is 2.66. The molecular formula is C22H22N6O3. The smallest absolute Gasteiger partial charge is 0.276 e. The van der Waals surface area contributed by atoms with Crippen molar-refractivity contribution < 1.29 is 14.3 Å². The lowest BCUT2D eigenvalue weighted by atomic mass is 10.1. The van der Waals surface area contributed by atoms with Gasteiger partial charge in [-0.05, 0) is 17.7 Å². The van der Waals surface area contributed by atoms with Gasteiger partial charge < -0.3 is 14.5 Å². The van der Waals surface area contributed by atoms with E-state index >= 15 is 0 Å². The fourth-order valence-corrected chi connectivity index (χ4v) is 3.98. The van der Waals surface area contributed by atoms with Gasteiger partial charge in [0.25, 0.3) is 11.8 Å². The van der Waals surface area contributed by atoms with Crippen molar-refractivity contribution in [3.8, 4) is 0 Å². The Bertz CT molecular complexity index is 1080. The Hall–Kier alpha value is -3.59. The predicted octanol–water partition coefficient (Wildman–Crippen LogP) is 1.54. The van der Waals surface area contributed by atoms with Gasteiger partial charge in [-0.3, -0.25) is 14.6 Å². The normalized spacial score (nSPS) is 18.5. The number of pyridine rings is 1. The van der Waals surface area contributed by atoms with Crippen molar-refractivity contribution in [2.45, 2.75) is 19.3 Å². The van der Waals surface area contributed by atoms with Crippen molar-refractivity contribution in [3.63, 3.8) is 0 Å². The Morgan fingerprint density at radius 1 is 0.935 bits per heavy atom. The van der Waals surface area contributed by atoms with Crippen LogP contribution in [0.1, 0.15) is 38.2 Å². The van der Waals surface area contributed by atoms with Crippen LogP contribution in [0.5, 0.6) is 0 Å². The predicted molar refractivity (Wildman–Crippen MR) is 110 cm³/mol. The Morgan fingerprint density at radius 2 is 1.68 bits per heavy atom. The van der Waals surface area contributed by atoms with Crippen LogP contribution >= 0.6 is 0 Å². The zero-order valence-corrected chi connectivity index (χ0v) is 16.9. The second-order valence-corrected chi connectivity index (χ2v) is 7.60. The highest BCUT2D eigenvalue weighted by atomic mass is 16.5. The number of hydrogen-bond acceptors (Lipinski definition) is 6. The van der Waals surface area contributed by atoms with Crippen LogP contribution in [0.4, 0.5) is 0 Å². The van der Waals surface area contributed by atoms with Crippen molar-refractivity contribution in [1.29, 1.82) is 0 Å². The van der Waals surface area contributed by atoms with Crippen LogP contribution in [-0.2, 0) is 17.9 Å². The molecular weight excluding hydrogens is 396 g/mol. The zero-order chi connectivity index (χ0) is 21.2. The van der Waals surface area contributed by atoms with Crippen LogP contribution in [0.2, 0.25) is 0 Å². The van der Waals surface area contributed by atoms with Crippen LogP contribution in [0.25, 0.3) is 0 Å². The van der Waals surface area contributed by atoms with E-state index < -0.39 is 0 Å². The second kappa shape index (κ2) is 8.27. The third kappa shape index (κ3) is 3.79. The van der Waals surface area contributed by atoms with Gasteiger partial charge in [0.05, 0.1) is 24.4 Å². The number of nitrogens with zero attached hydrogens (tertiary/aromatic N) is 6. The average Bonchev–Trinajstić information content (AvgIpc) is 3.27. The van der Waals surface area contributed by atoms with Crippen molar-refractivity contribution in [2.24, 2.45) is 0 Å². The zero-order valence-electron chi connectivity index (χ0n) is 16.9. The first-order valence-electron chi connectivity index (χ1n) is 10.3. The van der Waals surface area contributed by atoms with Crippen molar-refractivity contribution in [3.05, 3.63) is 77.4 Å². The summed E-state index contributed by atoms with van der Waals surface area (Å²) >= 11 is 0. The Morgan fingerprint density at radius 3 is 2.39 bits per heavy atom. The van der Waals surface area contributed by atoms with E-state index in [4.69, 9.17) is 4.74 Å². The maximum Gasteiger partial charge on any atom is 0.276 e. The highest BCUT2D eigenvalue weighted by molar-refractivity contribution is 5.95. The summed E-state index contributed by atoms with van der Waals surface area (Å²) in [7, 11) is 0. The molecule has 1 unspecified atom stereocenters. The summed E-state index contributed by atoms with van der Waals surface area (Å²) in [6, 6.07) is 13.4. The molecule has 31 heavy (non-hydrogen) atoms. The summed E-state index contributed by atoms with van der Waals surface area (Å²) in [6.45, 7) is 2.64. The van der Waals surface area contributed by atoms with Gasteiger partial charge in [0.1, 0.15) is 6.10 Å². The lowest BCUT2D eigenvalue weighted by Crippen LogP contribution is -2.50. The highest BCUT2D eigenvalue weighted by Crippen LogP contribution is 2.27. The summed E-state index contributed by atoms with van der Waals surface area (Å²) in [6.07, 6.45) is 3.09. The van der Waals surface area contributed by atoms with E-state index in [1.807, 2.05) is 30.3 Å². The molecule has 5 rings (SSSR count). The van der Waals surface area contributed by atoms with Gasteiger partial charge in [-0.1, -0.05) is 35.5 Å². The fourth-order valence-electron chi connectivity index (χ4n) is 3.98. The topological polar surface area (TPSA) is 93.5 Å². The molecule has 0 aliphatic carbocycles. The number of carbonyl (C=O) groups is 2. The molecule has 0 radical (unpaired) electrons. The van der Waals surface area contributed by atoms with Crippen molar-refractivity contribution in [2.75, 3.05) is 26.2 Å². The molecule has 1 saturated heterocycles. The number of ether oxygens (including phenoxy) is 1. The third-order valence-corrected chi connectivity index (χ3v) is 5.73. The van der Waals surface area contributed by atoms with E-state index in [1.165, 1.54) is 0 Å². The molecule has 0 saturated carbocycles. The van der Waals surface area contributed by atoms with Gasteiger partial charge in [0.2, 0.25) is 0 Å². The van der Waals surface area contributed by atoms with Gasteiger partial charge in [-0.2, -0.15) is 0 Å². The molecule has 2 aromatic heterocycles. The number of piperazine rings is 1. The fraction of sp³-hybridized carbons (Fsp3) is 0.318. The lowest BCUT2D eigenvalue weighted by molar-refractivity contribution is -0.00202. The molecule has 1 aromatic carbocycles. The number of amides is 2. The maximum absolute atomic E-state index is 13.1.